The van der Waals surface area contributed by atoms with E-state index in [0.717, 1.165) is 55.8 Å². The smallest absolute Gasteiger partial charge is 0.251 e. The van der Waals surface area contributed by atoms with Crippen molar-refractivity contribution >= 4 is 11.6 Å². The first-order valence-electron chi connectivity index (χ1n) is 12.4. The molecule has 1 aliphatic carbocycles. The molecule has 34 heavy (non-hydrogen) atoms. The zero-order valence-corrected chi connectivity index (χ0v) is 20.0. The summed E-state index contributed by atoms with van der Waals surface area (Å²) in [6, 6.07) is 16.1. The van der Waals surface area contributed by atoms with Crippen LogP contribution in [0.1, 0.15) is 48.9 Å². The van der Waals surface area contributed by atoms with Crippen LogP contribution in [0.2, 0.25) is 0 Å². The fourth-order valence-electron chi connectivity index (χ4n) is 4.75. The van der Waals surface area contributed by atoms with Crippen molar-refractivity contribution in [2.75, 3.05) is 38.3 Å². The molecule has 7 nitrogen and oxygen atoms in total. The summed E-state index contributed by atoms with van der Waals surface area (Å²) in [4.78, 5) is 14.8. The quantitative estimate of drug-likeness (QED) is 0.497. The van der Waals surface area contributed by atoms with Gasteiger partial charge in [-0.2, -0.15) is 0 Å². The molecule has 2 aromatic rings. The summed E-state index contributed by atoms with van der Waals surface area (Å²) < 4.78 is 10.9. The monoisotopic (exact) mass is 467 g/mol. The van der Waals surface area contributed by atoms with E-state index in [1.807, 2.05) is 36.4 Å². The third-order valence-corrected chi connectivity index (χ3v) is 6.81. The van der Waals surface area contributed by atoms with Gasteiger partial charge in [0.1, 0.15) is 24.2 Å². The topological polar surface area (TPSA) is 83.1 Å². The molecule has 2 aromatic carbocycles. The van der Waals surface area contributed by atoms with Gasteiger partial charge < -0.3 is 30.1 Å². The average molecular weight is 468 g/mol. The molecule has 0 unspecified atom stereocenters. The third-order valence-electron chi connectivity index (χ3n) is 6.81. The Balaban J connectivity index is 1.15. The number of nitrogens with zero attached hydrogens (tertiary/aromatic N) is 1. The Morgan fingerprint density at radius 3 is 2.44 bits per heavy atom. The number of aliphatic hydroxyl groups excluding tert-OH is 1. The molecule has 184 valence electrons. The predicted octanol–water partition coefficient (Wildman–Crippen LogP) is 3.37. The number of anilines is 1. The maximum atomic E-state index is 12.4. The molecule has 1 atom stereocenters. The number of carbonyl (C=O) groups excluding carboxylic acids is 1. The Morgan fingerprint density at radius 2 is 1.74 bits per heavy atom. The minimum absolute atomic E-state index is 0.0373. The van der Waals surface area contributed by atoms with Gasteiger partial charge in [-0.15, -0.1) is 0 Å². The predicted molar refractivity (Wildman–Crippen MR) is 134 cm³/mol. The number of benzene rings is 2. The molecular weight excluding hydrogens is 430 g/mol. The number of piperidine rings is 1. The van der Waals surface area contributed by atoms with Gasteiger partial charge in [-0.05, 0) is 62.1 Å². The molecule has 7 heteroatoms. The number of ether oxygens (including phenoxy) is 2. The summed E-state index contributed by atoms with van der Waals surface area (Å²) in [6.45, 7) is 2.63. The summed E-state index contributed by atoms with van der Waals surface area (Å²) in [5.41, 5.74) is 1.89. The van der Waals surface area contributed by atoms with Crippen molar-refractivity contribution in [3.05, 3.63) is 54.1 Å². The molecule has 1 heterocycles. The highest BCUT2D eigenvalue weighted by molar-refractivity contribution is 5.94. The zero-order chi connectivity index (χ0) is 23.8. The highest BCUT2D eigenvalue weighted by atomic mass is 16.5. The Hall–Kier alpha value is -2.77. The van der Waals surface area contributed by atoms with Crippen LogP contribution in [-0.2, 0) is 0 Å². The SMILES string of the molecule is COc1cccc(OC[C@@H](O)CNC2CCN(c3ccc(C(=O)NC4CCCC4)cc3)CC2)c1. The number of aliphatic hydroxyl groups is 1. The maximum Gasteiger partial charge on any atom is 0.251 e. The van der Waals surface area contributed by atoms with Crippen LogP contribution in [0.3, 0.4) is 0 Å². The number of hydrogen-bond donors (Lipinski definition) is 3. The number of amides is 1. The third kappa shape index (κ3) is 6.87. The fourth-order valence-corrected chi connectivity index (χ4v) is 4.75. The van der Waals surface area contributed by atoms with Crippen LogP contribution in [0, 0.1) is 0 Å². The van der Waals surface area contributed by atoms with E-state index >= 15 is 0 Å². The van der Waals surface area contributed by atoms with Crippen LogP contribution in [-0.4, -0.2) is 62.6 Å². The van der Waals surface area contributed by atoms with Crippen LogP contribution in [0.25, 0.3) is 0 Å². The first-order chi connectivity index (χ1) is 16.6. The van der Waals surface area contributed by atoms with Gasteiger partial charge in [0.2, 0.25) is 0 Å². The highest BCUT2D eigenvalue weighted by Crippen LogP contribution is 2.22. The van der Waals surface area contributed by atoms with E-state index in [1.54, 1.807) is 7.11 Å². The van der Waals surface area contributed by atoms with Gasteiger partial charge in [0.15, 0.2) is 0 Å². The zero-order valence-electron chi connectivity index (χ0n) is 20.0. The molecule has 2 aliphatic rings. The molecule has 4 rings (SSSR count). The summed E-state index contributed by atoms with van der Waals surface area (Å²) in [6.07, 6.45) is 6.06. The number of carbonyl (C=O) groups is 1. The lowest BCUT2D eigenvalue weighted by Gasteiger charge is -2.34. The molecule has 0 aromatic heterocycles. The molecule has 0 bridgehead atoms. The minimum Gasteiger partial charge on any atom is -0.497 e. The second-order valence-corrected chi connectivity index (χ2v) is 9.32. The number of rotatable bonds is 10. The summed E-state index contributed by atoms with van der Waals surface area (Å²) >= 11 is 0. The maximum absolute atomic E-state index is 12.4. The van der Waals surface area contributed by atoms with E-state index in [2.05, 4.69) is 27.7 Å². The normalized spacial score (nSPS) is 18.0. The van der Waals surface area contributed by atoms with Gasteiger partial charge in [0, 0.05) is 49.0 Å². The van der Waals surface area contributed by atoms with Crippen molar-refractivity contribution < 1.29 is 19.4 Å². The van der Waals surface area contributed by atoms with Crippen molar-refractivity contribution in [2.45, 2.75) is 56.7 Å². The van der Waals surface area contributed by atoms with Crippen molar-refractivity contribution in [3.8, 4) is 11.5 Å². The van der Waals surface area contributed by atoms with Gasteiger partial charge in [0.05, 0.1) is 7.11 Å². The molecular formula is C27H37N3O4. The average Bonchev–Trinajstić information content (AvgIpc) is 3.40. The van der Waals surface area contributed by atoms with E-state index in [0.29, 0.717) is 24.4 Å². The van der Waals surface area contributed by atoms with Crippen molar-refractivity contribution in [1.29, 1.82) is 0 Å². The number of nitrogens with one attached hydrogen (secondary N) is 2. The van der Waals surface area contributed by atoms with Crippen LogP contribution in [0.15, 0.2) is 48.5 Å². The molecule has 1 saturated heterocycles. The fraction of sp³-hybridized carbons (Fsp3) is 0.519. The van der Waals surface area contributed by atoms with Gasteiger partial charge in [-0.1, -0.05) is 18.9 Å². The van der Waals surface area contributed by atoms with Crippen LogP contribution in [0.4, 0.5) is 5.69 Å². The highest BCUT2D eigenvalue weighted by Gasteiger charge is 2.21. The van der Waals surface area contributed by atoms with Gasteiger partial charge in [0.25, 0.3) is 5.91 Å². The van der Waals surface area contributed by atoms with Crippen molar-refractivity contribution in [2.24, 2.45) is 0 Å². The first-order valence-corrected chi connectivity index (χ1v) is 12.4. The Morgan fingerprint density at radius 1 is 1.03 bits per heavy atom. The van der Waals surface area contributed by atoms with Crippen LogP contribution in [0.5, 0.6) is 11.5 Å². The lowest BCUT2D eigenvalue weighted by atomic mass is 10.0. The van der Waals surface area contributed by atoms with E-state index in [4.69, 9.17) is 9.47 Å². The molecule has 0 spiro atoms. The van der Waals surface area contributed by atoms with Gasteiger partial charge in [-0.3, -0.25) is 4.79 Å². The molecule has 1 saturated carbocycles. The van der Waals surface area contributed by atoms with Crippen LogP contribution >= 0.6 is 0 Å². The van der Waals surface area contributed by atoms with Gasteiger partial charge >= 0.3 is 0 Å². The van der Waals surface area contributed by atoms with Gasteiger partial charge in [-0.25, -0.2) is 0 Å². The second kappa shape index (κ2) is 12.1. The number of hydrogen-bond acceptors (Lipinski definition) is 6. The summed E-state index contributed by atoms with van der Waals surface area (Å²) in [5.74, 6) is 1.46. The van der Waals surface area contributed by atoms with E-state index in [1.165, 1.54) is 12.8 Å². The Kier molecular flexibility index (Phi) is 8.66. The molecule has 3 N–H and O–H groups in total. The Bertz CT molecular complexity index is 906. The van der Waals surface area contributed by atoms with Crippen LogP contribution < -0.4 is 25.0 Å². The first kappa shape index (κ1) is 24.4. The summed E-state index contributed by atoms with van der Waals surface area (Å²) in [7, 11) is 1.62. The molecule has 2 fully saturated rings. The van der Waals surface area contributed by atoms with E-state index in [9.17, 15) is 9.90 Å². The minimum atomic E-state index is -0.577. The van der Waals surface area contributed by atoms with E-state index in [-0.39, 0.29) is 12.5 Å². The second-order valence-electron chi connectivity index (χ2n) is 9.32. The summed E-state index contributed by atoms with van der Waals surface area (Å²) in [5, 5.41) is 16.9. The Labute approximate surface area is 202 Å². The van der Waals surface area contributed by atoms with Crippen molar-refractivity contribution in [1.82, 2.24) is 10.6 Å². The lowest BCUT2D eigenvalue weighted by molar-refractivity contribution is 0.0938. The van der Waals surface area contributed by atoms with Crippen molar-refractivity contribution in [3.63, 3.8) is 0 Å². The molecule has 1 aliphatic heterocycles. The number of methoxy groups -OCH3 is 1. The van der Waals surface area contributed by atoms with E-state index < -0.39 is 6.10 Å². The standard InChI is InChI=1S/C27H37N3O4/c1-33-25-7-4-8-26(17-25)34-19-24(31)18-28-21-13-15-30(16-14-21)23-11-9-20(10-12-23)27(32)29-22-5-2-3-6-22/h4,7-12,17,21-22,24,28,31H,2-3,5-6,13-16,18-19H2,1H3,(H,29,32)/t24-/m0/s1. The lowest BCUT2D eigenvalue weighted by Crippen LogP contribution is -2.45. The largest absolute Gasteiger partial charge is 0.497 e. The molecule has 0 radical (unpaired) electrons. The molecule has 1 amide bonds.